The summed E-state index contributed by atoms with van der Waals surface area (Å²) in [4.78, 5) is 15.3. The lowest BCUT2D eigenvalue weighted by atomic mass is 10.1. The molecule has 0 spiro atoms. The van der Waals surface area contributed by atoms with Gasteiger partial charge in [0.25, 0.3) is 5.91 Å². The molecular formula is C14H24N4OS. The number of rotatable bonds is 6. The minimum atomic E-state index is -0.0147. The van der Waals surface area contributed by atoms with Gasteiger partial charge in [0.2, 0.25) is 0 Å². The molecule has 1 saturated heterocycles. The quantitative estimate of drug-likeness (QED) is 0.870. The van der Waals surface area contributed by atoms with E-state index in [0.29, 0.717) is 16.7 Å². The van der Waals surface area contributed by atoms with Crippen molar-refractivity contribution in [2.45, 2.75) is 33.6 Å². The van der Waals surface area contributed by atoms with E-state index in [-0.39, 0.29) is 5.91 Å². The Hall–Kier alpha value is -1.01. The van der Waals surface area contributed by atoms with Crippen LogP contribution in [0.4, 0.5) is 0 Å². The number of aromatic nitrogens is 2. The number of nitrogens with one attached hydrogen (secondary N) is 1. The summed E-state index contributed by atoms with van der Waals surface area (Å²) in [5.41, 5.74) is 0.806. The molecule has 0 aliphatic carbocycles. The molecule has 1 aromatic heterocycles. The maximum Gasteiger partial charge on any atom is 0.264 e. The molecule has 0 bridgehead atoms. The highest BCUT2D eigenvalue weighted by Crippen LogP contribution is 2.17. The van der Waals surface area contributed by atoms with Crippen molar-refractivity contribution in [3.63, 3.8) is 0 Å². The highest BCUT2D eigenvalue weighted by molar-refractivity contribution is 7.08. The molecule has 6 heteroatoms. The topological polar surface area (TPSA) is 58.1 Å². The predicted octanol–water partition coefficient (Wildman–Crippen LogP) is 1.81. The first kappa shape index (κ1) is 15.4. The fourth-order valence-corrected chi connectivity index (χ4v) is 3.36. The van der Waals surface area contributed by atoms with Crippen LogP contribution in [0.2, 0.25) is 0 Å². The molecule has 2 heterocycles. The average molecular weight is 296 g/mol. The molecular weight excluding hydrogens is 272 g/mol. The number of carbonyl (C=O) groups is 1. The molecule has 0 radical (unpaired) electrons. The Bertz CT molecular complexity index is 446. The van der Waals surface area contributed by atoms with E-state index in [1.165, 1.54) is 18.0 Å². The van der Waals surface area contributed by atoms with Crippen molar-refractivity contribution in [3.8, 4) is 0 Å². The molecule has 1 aliphatic heterocycles. The summed E-state index contributed by atoms with van der Waals surface area (Å²) in [6.07, 6.45) is 1.93. The van der Waals surface area contributed by atoms with E-state index in [4.69, 9.17) is 0 Å². The summed E-state index contributed by atoms with van der Waals surface area (Å²) in [5.74, 6) is 1.27. The van der Waals surface area contributed by atoms with Gasteiger partial charge in [0.1, 0.15) is 4.88 Å². The lowest BCUT2D eigenvalue weighted by Crippen LogP contribution is -2.31. The number of hydrogen-bond donors (Lipinski definition) is 1. The first-order chi connectivity index (χ1) is 9.60. The van der Waals surface area contributed by atoms with Crippen molar-refractivity contribution < 1.29 is 4.79 Å². The van der Waals surface area contributed by atoms with Gasteiger partial charge in [-0.1, -0.05) is 25.3 Å². The van der Waals surface area contributed by atoms with Gasteiger partial charge in [-0.15, -0.1) is 5.10 Å². The van der Waals surface area contributed by atoms with E-state index in [0.717, 1.165) is 38.3 Å². The van der Waals surface area contributed by atoms with Gasteiger partial charge in [-0.05, 0) is 42.8 Å². The van der Waals surface area contributed by atoms with Crippen LogP contribution in [-0.2, 0) is 6.42 Å². The van der Waals surface area contributed by atoms with Crippen LogP contribution >= 0.6 is 11.5 Å². The van der Waals surface area contributed by atoms with Crippen molar-refractivity contribution in [3.05, 3.63) is 10.6 Å². The fourth-order valence-electron chi connectivity index (χ4n) is 2.69. The predicted molar refractivity (Wildman–Crippen MR) is 81.0 cm³/mol. The van der Waals surface area contributed by atoms with Crippen LogP contribution in [0.5, 0.6) is 0 Å². The standard InChI is InChI=1S/C14H24N4OS/c1-4-12-13(20-17-16-12)14(19)15-7-11-5-6-18(9-11)8-10(2)3/h10-11H,4-9H2,1-3H3,(H,15,19)/t11-/m0/s1. The van der Waals surface area contributed by atoms with Crippen LogP contribution in [0.15, 0.2) is 0 Å². The summed E-state index contributed by atoms with van der Waals surface area (Å²) in [6, 6.07) is 0. The number of hydrogen-bond acceptors (Lipinski definition) is 5. The second-order valence-corrected chi connectivity index (χ2v) is 6.67. The largest absolute Gasteiger partial charge is 0.351 e. The van der Waals surface area contributed by atoms with Crippen LogP contribution in [-0.4, -0.2) is 46.6 Å². The van der Waals surface area contributed by atoms with Crippen molar-refractivity contribution in [1.82, 2.24) is 19.8 Å². The normalized spacial score (nSPS) is 19.7. The molecule has 2 rings (SSSR count). The zero-order chi connectivity index (χ0) is 14.5. The third-order valence-electron chi connectivity index (χ3n) is 3.64. The van der Waals surface area contributed by atoms with Gasteiger partial charge < -0.3 is 10.2 Å². The van der Waals surface area contributed by atoms with Gasteiger partial charge >= 0.3 is 0 Å². The van der Waals surface area contributed by atoms with Crippen molar-refractivity contribution in [1.29, 1.82) is 0 Å². The van der Waals surface area contributed by atoms with Gasteiger partial charge in [-0.3, -0.25) is 4.79 Å². The molecule has 1 aromatic rings. The number of aryl methyl sites for hydroxylation is 1. The second kappa shape index (κ2) is 7.13. The lowest BCUT2D eigenvalue weighted by molar-refractivity contribution is 0.0950. The third-order valence-corrected chi connectivity index (χ3v) is 4.41. The van der Waals surface area contributed by atoms with Crippen molar-refractivity contribution in [2.24, 2.45) is 11.8 Å². The average Bonchev–Trinajstić information content (AvgIpc) is 3.03. The van der Waals surface area contributed by atoms with Gasteiger partial charge in [-0.25, -0.2) is 0 Å². The zero-order valence-corrected chi connectivity index (χ0v) is 13.4. The molecule has 0 saturated carbocycles. The maximum atomic E-state index is 12.1. The van der Waals surface area contributed by atoms with E-state index < -0.39 is 0 Å². The highest BCUT2D eigenvalue weighted by atomic mass is 32.1. The highest BCUT2D eigenvalue weighted by Gasteiger charge is 2.24. The van der Waals surface area contributed by atoms with Gasteiger partial charge in [0, 0.05) is 19.6 Å². The van der Waals surface area contributed by atoms with E-state index in [1.807, 2.05) is 6.92 Å². The Labute approximate surface area is 124 Å². The fraction of sp³-hybridized carbons (Fsp3) is 0.786. The Morgan fingerprint density at radius 2 is 2.35 bits per heavy atom. The summed E-state index contributed by atoms with van der Waals surface area (Å²) in [5, 5.41) is 7.02. The van der Waals surface area contributed by atoms with E-state index >= 15 is 0 Å². The maximum absolute atomic E-state index is 12.1. The number of carbonyl (C=O) groups excluding carboxylic acids is 1. The monoisotopic (exact) mass is 296 g/mol. The minimum Gasteiger partial charge on any atom is -0.351 e. The van der Waals surface area contributed by atoms with Gasteiger partial charge in [-0.2, -0.15) is 0 Å². The molecule has 1 fully saturated rings. The summed E-state index contributed by atoms with van der Waals surface area (Å²) in [6.45, 7) is 10.7. The molecule has 0 unspecified atom stereocenters. The first-order valence-electron chi connectivity index (χ1n) is 7.42. The molecule has 5 nitrogen and oxygen atoms in total. The summed E-state index contributed by atoms with van der Waals surface area (Å²) >= 11 is 1.19. The Morgan fingerprint density at radius 3 is 3.05 bits per heavy atom. The van der Waals surface area contributed by atoms with E-state index in [2.05, 4.69) is 33.7 Å². The van der Waals surface area contributed by atoms with Crippen molar-refractivity contribution >= 4 is 17.4 Å². The molecule has 0 aromatic carbocycles. The van der Waals surface area contributed by atoms with Crippen LogP contribution in [0.1, 0.15) is 42.6 Å². The molecule has 1 atom stereocenters. The van der Waals surface area contributed by atoms with Gasteiger partial charge in [0.15, 0.2) is 0 Å². The van der Waals surface area contributed by atoms with Crippen LogP contribution in [0.3, 0.4) is 0 Å². The van der Waals surface area contributed by atoms with Crippen LogP contribution < -0.4 is 5.32 Å². The molecule has 20 heavy (non-hydrogen) atoms. The summed E-state index contributed by atoms with van der Waals surface area (Å²) < 4.78 is 3.86. The summed E-state index contributed by atoms with van der Waals surface area (Å²) in [7, 11) is 0. The molecule has 1 aliphatic rings. The second-order valence-electron chi connectivity index (χ2n) is 5.92. The van der Waals surface area contributed by atoms with E-state index in [1.54, 1.807) is 0 Å². The number of amides is 1. The Balaban J connectivity index is 1.77. The van der Waals surface area contributed by atoms with Crippen LogP contribution in [0, 0.1) is 11.8 Å². The lowest BCUT2D eigenvalue weighted by Gasteiger charge is -2.18. The van der Waals surface area contributed by atoms with E-state index in [9.17, 15) is 4.79 Å². The Kier molecular flexibility index (Phi) is 5.48. The third kappa shape index (κ3) is 3.99. The first-order valence-corrected chi connectivity index (χ1v) is 8.19. The minimum absolute atomic E-state index is 0.0147. The van der Waals surface area contributed by atoms with Gasteiger partial charge in [0.05, 0.1) is 5.69 Å². The number of likely N-dealkylation sites (tertiary alicyclic amines) is 1. The van der Waals surface area contributed by atoms with Crippen LogP contribution in [0.25, 0.3) is 0 Å². The molecule has 112 valence electrons. The molecule has 1 amide bonds. The smallest absolute Gasteiger partial charge is 0.264 e. The van der Waals surface area contributed by atoms with Crippen molar-refractivity contribution in [2.75, 3.05) is 26.2 Å². The molecule has 1 N–H and O–H groups in total. The zero-order valence-electron chi connectivity index (χ0n) is 12.6. The SMILES string of the molecule is CCc1nnsc1C(=O)NC[C@@H]1CCN(CC(C)C)C1. The number of nitrogens with zero attached hydrogens (tertiary/aromatic N) is 3. The Morgan fingerprint density at radius 1 is 1.55 bits per heavy atom.